The Morgan fingerprint density at radius 3 is 2.72 bits per heavy atom. The van der Waals surface area contributed by atoms with Crippen molar-refractivity contribution in [3.8, 4) is 0 Å². The van der Waals surface area contributed by atoms with E-state index in [0.717, 1.165) is 12.8 Å². The lowest BCUT2D eigenvalue weighted by atomic mass is 10.1. The average molecular weight is 252 g/mol. The third-order valence-electron chi connectivity index (χ3n) is 3.02. The molecule has 1 aliphatic heterocycles. The van der Waals surface area contributed by atoms with Crippen molar-refractivity contribution in [3.05, 3.63) is 24.2 Å². The first kappa shape index (κ1) is 12.5. The lowest BCUT2D eigenvalue weighted by Gasteiger charge is -2.31. The first-order chi connectivity index (χ1) is 8.70. The zero-order chi connectivity index (χ0) is 13.0. The normalized spacial score (nSPS) is 16.4. The monoisotopic (exact) mass is 252 g/mol. The van der Waals surface area contributed by atoms with Gasteiger partial charge in [-0.05, 0) is 25.0 Å². The summed E-state index contributed by atoms with van der Waals surface area (Å²) in [7, 11) is 1.34. The van der Waals surface area contributed by atoms with Crippen molar-refractivity contribution in [2.24, 2.45) is 0 Å². The van der Waals surface area contributed by atoms with Gasteiger partial charge in [-0.2, -0.15) is 0 Å². The van der Waals surface area contributed by atoms with Crippen LogP contribution in [0, 0.1) is 0 Å². The van der Waals surface area contributed by atoms with E-state index in [1.165, 1.54) is 13.4 Å². The maximum Gasteiger partial charge on any atom is 0.407 e. The Morgan fingerprint density at radius 2 is 2.17 bits per heavy atom. The van der Waals surface area contributed by atoms with Gasteiger partial charge in [-0.1, -0.05) is 0 Å². The molecule has 0 radical (unpaired) electrons. The van der Waals surface area contributed by atoms with Crippen LogP contribution in [-0.4, -0.2) is 43.1 Å². The molecule has 2 heterocycles. The summed E-state index contributed by atoms with van der Waals surface area (Å²) < 4.78 is 9.62. The van der Waals surface area contributed by atoms with Crippen LogP contribution < -0.4 is 5.32 Å². The fourth-order valence-corrected chi connectivity index (χ4v) is 2.01. The molecule has 0 aromatic carbocycles. The van der Waals surface area contributed by atoms with Gasteiger partial charge in [0, 0.05) is 19.1 Å². The van der Waals surface area contributed by atoms with E-state index in [4.69, 9.17) is 4.42 Å². The second-order valence-electron chi connectivity index (χ2n) is 4.18. The highest BCUT2D eigenvalue weighted by atomic mass is 16.5. The number of likely N-dealkylation sites (tertiary alicyclic amines) is 1. The Hall–Kier alpha value is -1.98. The molecule has 0 bridgehead atoms. The van der Waals surface area contributed by atoms with E-state index in [-0.39, 0.29) is 11.9 Å². The summed E-state index contributed by atoms with van der Waals surface area (Å²) in [6.07, 6.45) is 2.51. The molecule has 0 saturated carbocycles. The van der Waals surface area contributed by atoms with Gasteiger partial charge in [0.05, 0.1) is 13.4 Å². The average Bonchev–Trinajstić information content (AvgIpc) is 2.92. The molecule has 0 aliphatic carbocycles. The summed E-state index contributed by atoms with van der Waals surface area (Å²) in [4.78, 5) is 24.7. The van der Waals surface area contributed by atoms with Gasteiger partial charge in [0.2, 0.25) is 0 Å². The van der Waals surface area contributed by atoms with Gasteiger partial charge in [0.25, 0.3) is 5.91 Å². The highest BCUT2D eigenvalue weighted by Crippen LogP contribution is 2.14. The molecule has 1 aromatic rings. The van der Waals surface area contributed by atoms with Crippen LogP contribution >= 0.6 is 0 Å². The molecule has 6 nitrogen and oxygen atoms in total. The van der Waals surface area contributed by atoms with Gasteiger partial charge in [0.15, 0.2) is 5.76 Å². The standard InChI is InChI=1S/C12H16N2O4/c1-17-12(16)13-9-4-6-14(7-5-9)11(15)10-3-2-8-18-10/h2-3,8-9H,4-7H2,1H3,(H,13,16). The number of piperidine rings is 1. The summed E-state index contributed by atoms with van der Waals surface area (Å²) in [5.74, 6) is 0.255. The Morgan fingerprint density at radius 1 is 1.44 bits per heavy atom. The molecule has 98 valence electrons. The molecular formula is C12H16N2O4. The molecule has 1 saturated heterocycles. The predicted octanol–water partition coefficient (Wildman–Crippen LogP) is 1.24. The number of rotatable bonds is 2. The van der Waals surface area contributed by atoms with Crippen molar-refractivity contribution in [1.29, 1.82) is 0 Å². The van der Waals surface area contributed by atoms with E-state index < -0.39 is 6.09 Å². The van der Waals surface area contributed by atoms with Gasteiger partial charge < -0.3 is 19.4 Å². The fourth-order valence-electron chi connectivity index (χ4n) is 2.01. The minimum atomic E-state index is -0.425. The summed E-state index contributed by atoms with van der Waals surface area (Å²) in [5.41, 5.74) is 0. The number of nitrogens with one attached hydrogen (secondary N) is 1. The number of methoxy groups -OCH3 is 1. The van der Waals surface area contributed by atoms with E-state index in [1.54, 1.807) is 17.0 Å². The van der Waals surface area contributed by atoms with E-state index >= 15 is 0 Å². The molecule has 1 aliphatic rings. The maximum absolute atomic E-state index is 12.0. The van der Waals surface area contributed by atoms with E-state index in [0.29, 0.717) is 18.8 Å². The lowest BCUT2D eigenvalue weighted by molar-refractivity contribution is 0.0672. The highest BCUT2D eigenvalue weighted by Gasteiger charge is 2.25. The third-order valence-corrected chi connectivity index (χ3v) is 3.02. The Bertz CT molecular complexity index is 408. The van der Waals surface area contributed by atoms with Crippen LogP contribution in [0.25, 0.3) is 0 Å². The molecule has 1 N–H and O–H groups in total. The van der Waals surface area contributed by atoms with Crippen LogP contribution in [0.2, 0.25) is 0 Å². The van der Waals surface area contributed by atoms with Crippen molar-refractivity contribution in [2.75, 3.05) is 20.2 Å². The number of hydrogen-bond donors (Lipinski definition) is 1. The number of furan rings is 1. The first-order valence-electron chi connectivity index (χ1n) is 5.88. The van der Waals surface area contributed by atoms with Crippen molar-refractivity contribution in [2.45, 2.75) is 18.9 Å². The minimum Gasteiger partial charge on any atom is -0.459 e. The summed E-state index contributed by atoms with van der Waals surface area (Å²) >= 11 is 0. The van der Waals surface area contributed by atoms with Gasteiger partial charge in [-0.3, -0.25) is 4.79 Å². The summed E-state index contributed by atoms with van der Waals surface area (Å²) in [6.45, 7) is 1.21. The van der Waals surface area contributed by atoms with Crippen LogP contribution in [0.3, 0.4) is 0 Å². The van der Waals surface area contributed by atoms with Crippen LogP contribution in [0.15, 0.2) is 22.8 Å². The smallest absolute Gasteiger partial charge is 0.407 e. The molecule has 1 fully saturated rings. The van der Waals surface area contributed by atoms with Crippen molar-refractivity contribution >= 4 is 12.0 Å². The summed E-state index contributed by atoms with van der Waals surface area (Å²) in [5, 5.41) is 2.74. The molecule has 18 heavy (non-hydrogen) atoms. The second-order valence-corrected chi connectivity index (χ2v) is 4.18. The maximum atomic E-state index is 12.0. The Labute approximate surface area is 105 Å². The zero-order valence-electron chi connectivity index (χ0n) is 10.2. The molecule has 0 unspecified atom stereocenters. The first-order valence-corrected chi connectivity index (χ1v) is 5.88. The SMILES string of the molecule is COC(=O)NC1CCN(C(=O)c2ccco2)CC1. The van der Waals surface area contributed by atoms with E-state index in [1.807, 2.05) is 0 Å². The fraction of sp³-hybridized carbons (Fsp3) is 0.500. The van der Waals surface area contributed by atoms with Gasteiger partial charge in [-0.15, -0.1) is 0 Å². The molecule has 0 atom stereocenters. The lowest BCUT2D eigenvalue weighted by Crippen LogP contribution is -2.46. The number of hydrogen-bond acceptors (Lipinski definition) is 4. The van der Waals surface area contributed by atoms with Crippen LogP contribution in [0.5, 0.6) is 0 Å². The molecule has 6 heteroatoms. The van der Waals surface area contributed by atoms with Crippen LogP contribution in [0.1, 0.15) is 23.4 Å². The largest absolute Gasteiger partial charge is 0.459 e. The van der Waals surface area contributed by atoms with Gasteiger partial charge in [-0.25, -0.2) is 4.79 Å². The van der Waals surface area contributed by atoms with Gasteiger partial charge in [0.1, 0.15) is 0 Å². The molecule has 1 aromatic heterocycles. The second kappa shape index (κ2) is 5.57. The minimum absolute atomic E-state index is 0.0677. The van der Waals surface area contributed by atoms with Crippen LogP contribution in [0.4, 0.5) is 4.79 Å². The molecule has 0 spiro atoms. The molecular weight excluding hydrogens is 236 g/mol. The predicted molar refractivity (Wildman–Crippen MR) is 63.2 cm³/mol. The molecule has 2 rings (SSSR count). The third kappa shape index (κ3) is 2.82. The van der Waals surface area contributed by atoms with E-state index in [2.05, 4.69) is 10.1 Å². The number of carbonyl (C=O) groups is 2. The number of ether oxygens (including phenoxy) is 1. The number of amides is 2. The van der Waals surface area contributed by atoms with Crippen LogP contribution in [-0.2, 0) is 4.74 Å². The number of nitrogens with zero attached hydrogens (tertiary/aromatic N) is 1. The Kier molecular flexibility index (Phi) is 3.86. The Balaban J connectivity index is 1.83. The number of carbonyl (C=O) groups excluding carboxylic acids is 2. The van der Waals surface area contributed by atoms with Gasteiger partial charge >= 0.3 is 6.09 Å². The zero-order valence-corrected chi connectivity index (χ0v) is 10.2. The van der Waals surface area contributed by atoms with Crippen molar-refractivity contribution in [3.63, 3.8) is 0 Å². The number of alkyl carbamates (subject to hydrolysis) is 1. The quantitative estimate of drug-likeness (QED) is 0.859. The summed E-state index contributed by atoms with van der Waals surface area (Å²) in [6, 6.07) is 3.41. The molecule has 2 amide bonds. The topological polar surface area (TPSA) is 71.8 Å². The van der Waals surface area contributed by atoms with Crippen molar-refractivity contribution in [1.82, 2.24) is 10.2 Å². The highest BCUT2D eigenvalue weighted by molar-refractivity contribution is 5.91. The van der Waals surface area contributed by atoms with Crippen molar-refractivity contribution < 1.29 is 18.7 Å². The van der Waals surface area contributed by atoms with E-state index in [9.17, 15) is 9.59 Å².